The van der Waals surface area contributed by atoms with Crippen molar-refractivity contribution in [3.8, 4) is 11.5 Å². The minimum Gasteiger partial charge on any atom is -0.508 e. The van der Waals surface area contributed by atoms with Crippen LogP contribution < -0.4 is 5.46 Å². The lowest BCUT2D eigenvalue weighted by Crippen LogP contribution is -2.18. The third-order valence-electron chi connectivity index (χ3n) is 3.99. The highest BCUT2D eigenvalue weighted by Gasteiger charge is 2.29. The predicted molar refractivity (Wildman–Crippen MR) is 82.0 cm³/mol. The average molecular weight is 256 g/mol. The topological polar surface area (TPSA) is 40.5 Å². The fourth-order valence-corrected chi connectivity index (χ4v) is 3.01. The van der Waals surface area contributed by atoms with Crippen LogP contribution in [0.15, 0.2) is 35.9 Å². The molecule has 0 radical (unpaired) electrons. The molecule has 2 nitrogen and oxygen atoms in total. The summed E-state index contributed by atoms with van der Waals surface area (Å²) < 4.78 is 0. The minimum atomic E-state index is 0.0202. The van der Waals surface area contributed by atoms with Crippen LogP contribution in [-0.4, -0.2) is 18.1 Å². The van der Waals surface area contributed by atoms with Crippen molar-refractivity contribution in [1.82, 2.24) is 0 Å². The molecule has 3 heteroatoms. The molecule has 1 aromatic rings. The maximum absolute atomic E-state index is 10.2. The zero-order valence-corrected chi connectivity index (χ0v) is 11.9. The molecule has 0 aliphatic heterocycles. The Kier molecular flexibility index (Phi) is 3.74. The number of rotatable bonds is 2. The van der Waals surface area contributed by atoms with E-state index in [1.165, 1.54) is 5.57 Å². The molecule has 0 heterocycles. The van der Waals surface area contributed by atoms with Gasteiger partial charge < -0.3 is 10.2 Å². The summed E-state index contributed by atoms with van der Waals surface area (Å²) in [7, 11) is 1.86. The van der Waals surface area contributed by atoms with Crippen LogP contribution in [0.2, 0.25) is 0 Å². The third kappa shape index (κ3) is 2.70. The first-order chi connectivity index (χ1) is 8.90. The van der Waals surface area contributed by atoms with E-state index in [1.54, 1.807) is 12.1 Å². The number of allylic oxidation sites excluding steroid dienone is 3. The van der Waals surface area contributed by atoms with Crippen molar-refractivity contribution >= 4 is 13.3 Å². The van der Waals surface area contributed by atoms with Crippen LogP contribution in [-0.2, 0) is 0 Å². The molecule has 0 aromatic heterocycles. The summed E-state index contributed by atoms with van der Waals surface area (Å²) in [6.45, 7) is 8.19. The van der Waals surface area contributed by atoms with E-state index in [4.69, 9.17) is 0 Å². The van der Waals surface area contributed by atoms with Gasteiger partial charge in [0.25, 0.3) is 0 Å². The molecular weight excluding hydrogens is 235 g/mol. The molecule has 0 saturated heterocycles. The van der Waals surface area contributed by atoms with Gasteiger partial charge in [-0.15, -0.1) is 0 Å². The molecule has 1 aliphatic rings. The molecule has 1 aliphatic carbocycles. The smallest absolute Gasteiger partial charge is 0.139 e. The summed E-state index contributed by atoms with van der Waals surface area (Å²) in [5.41, 5.74) is 3.91. The lowest BCUT2D eigenvalue weighted by Gasteiger charge is -2.31. The van der Waals surface area contributed by atoms with E-state index in [-0.39, 0.29) is 23.3 Å². The Morgan fingerprint density at radius 1 is 1.32 bits per heavy atom. The van der Waals surface area contributed by atoms with Crippen LogP contribution in [0.3, 0.4) is 0 Å². The van der Waals surface area contributed by atoms with Crippen molar-refractivity contribution in [1.29, 1.82) is 0 Å². The second kappa shape index (κ2) is 5.16. The summed E-state index contributed by atoms with van der Waals surface area (Å²) in [5.74, 6) is 0.662. The second-order valence-electron chi connectivity index (χ2n) is 5.75. The van der Waals surface area contributed by atoms with E-state index in [0.29, 0.717) is 5.56 Å². The number of phenols is 2. The first-order valence-electron chi connectivity index (χ1n) is 6.75. The zero-order chi connectivity index (χ0) is 14.2. The standard InChI is InChI=1S/C16H21BO2/c1-9(2)12-5-4-10(3)6-13(12)16-14(18)7-11(17)8-15(16)19/h6-8,12-13,18-19H,1,4-5,17H2,2-3H3. The number of hydrogen-bond donors (Lipinski definition) is 2. The van der Waals surface area contributed by atoms with Gasteiger partial charge in [0.2, 0.25) is 0 Å². The zero-order valence-electron chi connectivity index (χ0n) is 11.9. The summed E-state index contributed by atoms with van der Waals surface area (Å²) in [6, 6.07) is 3.42. The molecule has 0 fully saturated rings. The molecule has 0 spiro atoms. The van der Waals surface area contributed by atoms with E-state index in [2.05, 4.69) is 19.6 Å². The maximum atomic E-state index is 10.2. The van der Waals surface area contributed by atoms with E-state index in [0.717, 1.165) is 23.9 Å². The molecule has 2 rings (SSSR count). The molecule has 100 valence electrons. The average Bonchev–Trinajstić information content (AvgIpc) is 2.27. The van der Waals surface area contributed by atoms with Crippen molar-refractivity contribution in [2.24, 2.45) is 5.92 Å². The van der Waals surface area contributed by atoms with Crippen LogP contribution in [0, 0.1) is 5.92 Å². The quantitative estimate of drug-likeness (QED) is 0.630. The number of hydrogen-bond acceptors (Lipinski definition) is 2. The highest BCUT2D eigenvalue weighted by molar-refractivity contribution is 6.32. The first kappa shape index (κ1) is 13.8. The van der Waals surface area contributed by atoms with Gasteiger partial charge in [-0.3, -0.25) is 0 Å². The Morgan fingerprint density at radius 3 is 2.42 bits per heavy atom. The summed E-state index contributed by atoms with van der Waals surface area (Å²) in [4.78, 5) is 0. The summed E-state index contributed by atoms with van der Waals surface area (Å²) in [5, 5.41) is 20.4. The Morgan fingerprint density at radius 2 is 1.89 bits per heavy atom. The van der Waals surface area contributed by atoms with E-state index in [9.17, 15) is 10.2 Å². The molecule has 0 bridgehead atoms. The van der Waals surface area contributed by atoms with Crippen molar-refractivity contribution in [2.45, 2.75) is 32.6 Å². The fraction of sp³-hybridized carbons (Fsp3) is 0.375. The number of phenolic OH excluding ortho intramolecular Hbond substituents is 2. The van der Waals surface area contributed by atoms with Gasteiger partial charge in [-0.05, 0) is 44.7 Å². The molecular formula is C16H21BO2. The van der Waals surface area contributed by atoms with E-state index in [1.807, 2.05) is 14.8 Å². The number of benzene rings is 1. The van der Waals surface area contributed by atoms with Gasteiger partial charge in [-0.2, -0.15) is 0 Å². The monoisotopic (exact) mass is 256 g/mol. The molecule has 2 unspecified atom stereocenters. The Hall–Kier alpha value is -1.64. The molecule has 2 atom stereocenters. The third-order valence-corrected chi connectivity index (χ3v) is 3.99. The van der Waals surface area contributed by atoms with Gasteiger partial charge in [-0.1, -0.05) is 29.3 Å². The predicted octanol–water partition coefficient (Wildman–Crippen LogP) is 2.37. The van der Waals surface area contributed by atoms with Gasteiger partial charge in [0.1, 0.15) is 19.3 Å². The highest BCUT2D eigenvalue weighted by atomic mass is 16.3. The molecule has 1 aromatic carbocycles. The van der Waals surface area contributed by atoms with E-state index >= 15 is 0 Å². The summed E-state index contributed by atoms with van der Waals surface area (Å²) >= 11 is 0. The first-order valence-corrected chi connectivity index (χ1v) is 6.75. The van der Waals surface area contributed by atoms with Crippen LogP contribution in [0.4, 0.5) is 0 Å². The highest BCUT2D eigenvalue weighted by Crippen LogP contribution is 2.45. The SMILES string of the molecule is Bc1cc(O)c(C2C=C(C)CCC2C(=C)C)c(O)c1. The normalized spacial score (nSPS) is 22.9. The lowest BCUT2D eigenvalue weighted by molar-refractivity contribution is 0.407. The van der Waals surface area contributed by atoms with Crippen LogP contribution in [0.25, 0.3) is 0 Å². The minimum absolute atomic E-state index is 0.0202. The van der Waals surface area contributed by atoms with Crippen molar-refractivity contribution in [3.63, 3.8) is 0 Å². The second-order valence-corrected chi connectivity index (χ2v) is 5.75. The van der Waals surface area contributed by atoms with Gasteiger partial charge in [0, 0.05) is 11.5 Å². The van der Waals surface area contributed by atoms with Crippen LogP contribution in [0.1, 0.15) is 38.2 Å². The Balaban J connectivity index is 2.54. The summed E-state index contributed by atoms with van der Waals surface area (Å²) in [6.07, 6.45) is 4.24. The van der Waals surface area contributed by atoms with Crippen molar-refractivity contribution in [2.75, 3.05) is 0 Å². The number of aromatic hydroxyl groups is 2. The van der Waals surface area contributed by atoms with Gasteiger partial charge >= 0.3 is 0 Å². The van der Waals surface area contributed by atoms with Crippen LogP contribution >= 0.6 is 0 Å². The van der Waals surface area contributed by atoms with Gasteiger partial charge in [-0.25, -0.2) is 0 Å². The molecule has 19 heavy (non-hydrogen) atoms. The Labute approximate surface area is 115 Å². The lowest BCUT2D eigenvalue weighted by atomic mass is 9.73. The molecule has 2 N–H and O–H groups in total. The largest absolute Gasteiger partial charge is 0.508 e. The van der Waals surface area contributed by atoms with Crippen LogP contribution in [0.5, 0.6) is 11.5 Å². The maximum Gasteiger partial charge on any atom is 0.139 e. The van der Waals surface area contributed by atoms with Crippen molar-refractivity contribution < 1.29 is 10.2 Å². The van der Waals surface area contributed by atoms with Gasteiger partial charge in [0.15, 0.2) is 0 Å². The molecule has 0 saturated carbocycles. The molecule has 0 amide bonds. The van der Waals surface area contributed by atoms with E-state index < -0.39 is 0 Å². The Bertz CT molecular complexity index is 523. The fourth-order valence-electron chi connectivity index (χ4n) is 3.01. The van der Waals surface area contributed by atoms with Crippen molar-refractivity contribution in [3.05, 3.63) is 41.5 Å². The van der Waals surface area contributed by atoms with Gasteiger partial charge in [0.05, 0.1) is 0 Å².